The molecule has 0 saturated carbocycles. The zero-order chi connectivity index (χ0) is 14.8. The van der Waals surface area contributed by atoms with Crippen LogP contribution in [-0.4, -0.2) is 37.1 Å². The first-order chi connectivity index (χ1) is 10.2. The molecule has 8 heteroatoms. The van der Waals surface area contributed by atoms with E-state index in [1.807, 2.05) is 17.9 Å². The Morgan fingerprint density at radius 2 is 2.19 bits per heavy atom. The Kier molecular flexibility index (Phi) is 3.61. The van der Waals surface area contributed by atoms with E-state index >= 15 is 0 Å². The molecule has 0 aliphatic rings. The molecule has 0 aliphatic heterocycles. The molecule has 21 heavy (non-hydrogen) atoms. The maximum absolute atomic E-state index is 12.2. The molecular formula is C13H14N6OS. The van der Waals surface area contributed by atoms with Crippen molar-refractivity contribution in [2.75, 3.05) is 6.26 Å². The average molecular weight is 302 g/mol. The van der Waals surface area contributed by atoms with Crippen LogP contribution in [0.1, 0.15) is 16.1 Å². The summed E-state index contributed by atoms with van der Waals surface area (Å²) in [5.41, 5.74) is 2.93. The standard InChI is InChI=1S/C13H14N6OS/c1-19-9(7-15-13(19)21-2)6-14-12(20)8-3-4-10-11(5-8)17-18-16-10/h3-5,7H,6H2,1-2H3,(H,14,20)(H,16,17,18). The summed E-state index contributed by atoms with van der Waals surface area (Å²) >= 11 is 1.57. The highest BCUT2D eigenvalue weighted by Gasteiger charge is 2.10. The van der Waals surface area contributed by atoms with Gasteiger partial charge in [-0.15, -0.1) is 0 Å². The van der Waals surface area contributed by atoms with Gasteiger partial charge >= 0.3 is 0 Å². The molecule has 0 spiro atoms. The minimum atomic E-state index is -0.146. The summed E-state index contributed by atoms with van der Waals surface area (Å²) in [6.45, 7) is 0.430. The summed E-state index contributed by atoms with van der Waals surface area (Å²) in [7, 11) is 1.93. The number of hydrogen-bond donors (Lipinski definition) is 2. The lowest BCUT2D eigenvalue weighted by molar-refractivity contribution is 0.0950. The Labute approximate surface area is 125 Å². The van der Waals surface area contributed by atoms with Crippen LogP contribution in [0, 0.1) is 0 Å². The second-order valence-electron chi connectivity index (χ2n) is 4.51. The highest BCUT2D eigenvalue weighted by molar-refractivity contribution is 7.98. The maximum atomic E-state index is 12.2. The number of amides is 1. The van der Waals surface area contributed by atoms with Crippen LogP contribution in [-0.2, 0) is 13.6 Å². The van der Waals surface area contributed by atoms with Gasteiger partial charge in [0.15, 0.2) is 5.16 Å². The zero-order valence-electron chi connectivity index (χ0n) is 11.6. The number of nitrogens with zero attached hydrogens (tertiary/aromatic N) is 4. The lowest BCUT2D eigenvalue weighted by atomic mass is 10.2. The molecule has 0 aliphatic carbocycles. The Morgan fingerprint density at radius 3 is 2.95 bits per heavy atom. The highest BCUT2D eigenvalue weighted by Crippen LogP contribution is 2.14. The molecule has 3 aromatic rings. The Balaban J connectivity index is 1.72. The average Bonchev–Trinajstić information content (AvgIpc) is 3.10. The summed E-state index contributed by atoms with van der Waals surface area (Å²) in [5, 5.41) is 14.3. The number of benzene rings is 1. The van der Waals surface area contributed by atoms with Gasteiger partial charge in [0.1, 0.15) is 11.0 Å². The molecular weight excluding hydrogens is 288 g/mol. The van der Waals surface area contributed by atoms with E-state index in [1.54, 1.807) is 36.2 Å². The largest absolute Gasteiger partial charge is 0.346 e. The molecule has 0 atom stereocenters. The first kappa shape index (κ1) is 13.6. The molecule has 3 rings (SSSR count). The first-order valence-electron chi connectivity index (χ1n) is 6.32. The molecule has 0 radical (unpaired) electrons. The predicted octanol–water partition coefficient (Wildman–Crippen LogP) is 1.34. The summed E-state index contributed by atoms with van der Waals surface area (Å²) in [6.07, 6.45) is 3.74. The lowest BCUT2D eigenvalue weighted by Gasteiger charge is -2.06. The topological polar surface area (TPSA) is 88.5 Å². The summed E-state index contributed by atoms with van der Waals surface area (Å²) < 4.78 is 1.96. The predicted molar refractivity (Wildman–Crippen MR) is 80.0 cm³/mol. The number of imidazole rings is 1. The number of thioether (sulfide) groups is 1. The third kappa shape index (κ3) is 2.62. The van der Waals surface area contributed by atoms with Crippen molar-refractivity contribution in [3.05, 3.63) is 35.7 Å². The van der Waals surface area contributed by atoms with Crippen molar-refractivity contribution in [3.8, 4) is 0 Å². The van der Waals surface area contributed by atoms with E-state index in [9.17, 15) is 4.79 Å². The number of fused-ring (bicyclic) bond motifs is 1. The molecule has 0 unspecified atom stereocenters. The van der Waals surface area contributed by atoms with Crippen LogP contribution in [0.3, 0.4) is 0 Å². The van der Waals surface area contributed by atoms with Gasteiger partial charge in [0.25, 0.3) is 5.91 Å². The number of hydrogen-bond acceptors (Lipinski definition) is 5. The van der Waals surface area contributed by atoms with Crippen LogP contribution in [0.4, 0.5) is 0 Å². The van der Waals surface area contributed by atoms with Crippen molar-refractivity contribution in [2.45, 2.75) is 11.7 Å². The van der Waals surface area contributed by atoms with Gasteiger partial charge in [-0.2, -0.15) is 15.4 Å². The Bertz CT molecular complexity index is 793. The van der Waals surface area contributed by atoms with Gasteiger partial charge in [-0.3, -0.25) is 4.79 Å². The van der Waals surface area contributed by atoms with Crippen LogP contribution >= 0.6 is 11.8 Å². The minimum Gasteiger partial charge on any atom is -0.346 e. The van der Waals surface area contributed by atoms with E-state index < -0.39 is 0 Å². The number of nitrogens with one attached hydrogen (secondary N) is 2. The Morgan fingerprint density at radius 1 is 1.38 bits per heavy atom. The summed E-state index contributed by atoms with van der Waals surface area (Å²) in [6, 6.07) is 5.21. The fourth-order valence-corrected chi connectivity index (χ4v) is 2.58. The van der Waals surface area contributed by atoms with Gasteiger partial charge in [-0.05, 0) is 24.5 Å². The Hall–Kier alpha value is -2.35. The van der Waals surface area contributed by atoms with E-state index in [2.05, 4.69) is 25.7 Å². The second kappa shape index (κ2) is 5.57. The van der Waals surface area contributed by atoms with Crippen molar-refractivity contribution in [1.29, 1.82) is 0 Å². The summed E-state index contributed by atoms with van der Waals surface area (Å²) in [4.78, 5) is 16.4. The van der Waals surface area contributed by atoms with E-state index in [-0.39, 0.29) is 5.91 Å². The van der Waals surface area contributed by atoms with Crippen LogP contribution in [0.25, 0.3) is 11.0 Å². The van der Waals surface area contributed by atoms with Crippen molar-refractivity contribution in [1.82, 2.24) is 30.3 Å². The molecule has 1 aromatic carbocycles. The van der Waals surface area contributed by atoms with Gasteiger partial charge in [-0.1, -0.05) is 11.8 Å². The third-order valence-corrected chi connectivity index (χ3v) is 3.98. The molecule has 1 amide bonds. The number of carbonyl (C=O) groups excluding carboxylic acids is 1. The molecule has 108 valence electrons. The normalized spacial score (nSPS) is 11.0. The van der Waals surface area contributed by atoms with Crippen molar-refractivity contribution < 1.29 is 4.79 Å². The van der Waals surface area contributed by atoms with Crippen LogP contribution in [0.2, 0.25) is 0 Å². The number of aromatic amines is 1. The van der Waals surface area contributed by atoms with E-state index in [1.165, 1.54) is 0 Å². The van der Waals surface area contributed by atoms with E-state index in [0.29, 0.717) is 17.6 Å². The highest BCUT2D eigenvalue weighted by atomic mass is 32.2. The maximum Gasteiger partial charge on any atom is 0.251 e. The molecule has 0 saturated heterocycles. The van der Waals surface area contributed by atoms with Gasteiger partial charge < -0.3 is 9.88 Å². The molecule has 2 N–H and O–H groups in total. The van der Waals surface area contributed by atoms with Crippen LogP contribution < -0.4 is 5.32 Å². The quantitative estimate of drug-likeness (QED) is 0.710. The van der Waals surface area contributed by atoms with Gasteiger partial charge in [-0.25, -0.2) is 4.98 Å². The molecule has 0 fully saturated rings. The monoisotopic (exact) mass is 302 g/mol. The lowest BCUT2D eigenvalue weighted by Crippen LogP contribution is -2.23. The molecule has 2 heterocycles. The minimum absolute atomic E-state index is 0.146. The van der Waals surface area contributed by atoms with Crippen molar-refractivity contribution in [2.24, 2.45) is 7.05 Å². The molecule has 2 aromatic heterocycles. The van der Waals surface area contributed by atoms with Crippen molar-refractivity contribution in [3.63, 3.8) is 0 Å². The van der Waals surface area contributed by atoms with Gasteiger partial charge in [0.2, 0.25) is 0 Å². The third-order valence-electron chi connectivity index (χ3n) is 3.23. The van der Waals surface area contributed by atoms with Crippen LogP contribution in [0.15, 0.2) is 29.6 Å². The summed E-state index contributed by atoms with van der Waals surface area (Å²) in [5.74, 6) is -0.146. The zero-order valence-corrected chi connectivity index (χ0v) is 12.4. The van der Waals surface area contributed by atoms with E-state index in [0.717, 1.165) is 16.4 Å². The fraction of sp³-hybridized carbons (Fsp3) is 0.231. The van der Waals surface area contributed by atoms with Gasteiger partial charge in [0, 0.05) is 12.6 Å². The fourth-order valence-electron chi connectivity index (χ4n) is 2.03. The first-order valence-corrected chi connectivity index (χ1v) is 7.55. The number of rotatable bonds is 4. The number of carbonyl (C=O) groups is 1. The SMILES string of the molecule is CSc1ncc(CNC(=O)c2ccc3n[nH]nc3c2)n1C. The molecule has 0 bridgehead atoms. The smallest absolute Gasteiger partial charge is 0.251 e. The second-order valence-corrected chi connectivity index (χ2v) is 5.28. The van der Waals surface area contributed by atoms with E-state index in [4.69, 9.17) is 0 Å². The van der Waals surface area contributed by atoms with Gasteiger partial charge in [0.05, 0.1) is 18.4 Å². The number of aromatic nitrogens is 5. The molecule has 7 nitrogen and oxygen atoms in total. The number of H-pyrrole nitrogens is 1. The van der Waals surface area contributed by atoms with Crippen LogP contribution in [0.5, 0.6) is 0 Å². The van der Waals surface area contributed by atoms with Crippen molar-refractivity contribution >= 4 is 28.7 Å².